The fraction of sp³-hybridized carbons (Fsp3) is 0.0714. The summed E-state index contributed by atoms with van der Waals surface area (Å²) in [5.74, 6) is 0.743. The second-order valence-electron chi connectivity index (χ2n) is 7.43. The molecule has 0 fully saturated rings. The third kappa shape index (κ3) is 2.78. The van der Waals surface area contributed by atoms with Crippen LogP contribution in [0.4, 0.5) is 0 Å². The van der Waals surface area contributed by atoms with Gasteiger partial charge in [0.25, 0.3) is 0 Å². The molecular weight excluding hydrogens is 336 g/mol. The second-order valence-corrected chi connectivity index (χ2v) is 7.43. The maximum atomic E-state index is 3.83. The molecule has 2 aliphatic carbocycles. The summed E-state index contributed by atoms with van der Waals surface area (Å²) in [5.41, 5.74) is 4.00. The summed E-state index contributed by atoms with van der Waals surface area (Å²) in [5, 5.41) is 5.23. The first-order valence-corrected chi connectivity index (χ1v) is 9.83. The van der Waals surface area contributed by atoms with Crippen LogP contribution in [0.2, 0.25) is 0 Å². The van der Waals surface area contributed by atoms with Gasteiger partial charge in [-0.05, 0) is 44.3 Å². The summed E-state index contributed by atoms with van der Waals surface area (Å²) in [6.07, 6.45) is 19.7. The smallest absolute Gasteiger partial charge is 0.0126 e. The highest BCUT2D eigenvalue weighted by Crippen LogP contribution is 2.44. The summed E-state index contributed by atoms with van der Waals surface area (Å²) in [4.78, 5) is 0. The molecule has 2 unspecified atom stereocenters. The molecule has 2 atom stereocenters. The molecule has 0 aromatic heterocycles. The Hall–Kier alpha value is -3.38. The lowest BCUT2D eigenvalue weighted by molar-refractivity contribution is 0.675. The fourth-order valence-electron chi connectivity index (χ4n) is 4.49. The van der Waals surface area contributed by atoms with Crippen LogP contribution < -0.4 is 0 Å². The van der Waals surface area contributed by atoms with Crippen LogP contribution in [0.25, 0.3) is 27.1 Å². The number of hydrogen-bond acceptors (Lipinski definition) is 0. The van der Waals surface area contributed by atoms with Gasteiger partial charge in [0.05, 0.1) is 0 Å². The molecule has 0 heteroatoms. The standard InChI is InChI=1S/C28H22/c1-2-3-10-20-17-21-11-4-7-14-24(21)27(18-20)28-25-15-8-5-12-22(25)19-23-13-6-9-16-26(23)28/h2-19,21,24H,1H2/b10-3-. The van der Waals surface area contributed by atoms with Gasteiger partial charge in [-0.1, -0.05) is 110 Å². The minimum Gasteiger partial charge on any atom is -0.0991 e. The minimum absolute atomic E-state index is 0.361. The number of benzene rings is 3. The van der Waals surface area contributed by atoms with Crippen LogP contribution in [0.3, 0.4) is 0 Å². The van der Waals surface area contributed by atoms with E-state index in [1.54, 1.807) is 0 Å². The lowest BCUT2D eigenvalue weighted by atomic mass is 9.73. The second kappa shape index (κ2) is 6.98. The van der Waals surface area contributed by atoms with Crippen molar-refractivity contribution in [2.75, 3.05) is 0 Å². The Kier molecular flexibility index (Phi) is 4.18. The molecule has 0 heterocycles. The number of allylic oxidation sites excluding steroid dienone is 11. The van der Waals surface area contributed by atoms with Crippen molar-refractivity contribution in [1.29, 1.82) is 0 Å². The third-order valence-corrected chi connectivity index (χ3v) is 5.73. The first-order valence-electron chi connectivity index (χ1n) is 9.83. The van der Waals surface area contributed by atoms with Crippen molar-refractivity contribution in [3.05, 3.63) is 127 Å². The first kappa shape index (κ1) is 16.8. The summed E-state index contributed by atoms with van der Waals surface area (Å²) in [7, 11) is 0. The van der Waals surface area contributed by atoms with E-state index in [2.05, 4.69) is 104 Å². The van der Waals surface area contributed by atoms with E-state index in [-0.39, 0.29) is 0 Å². The SMILES string of the molecule is C=C/C=C\C1=CC2C=CC=CC2C(c2c3ccccc3cc3ccccc23)=C1. The molecule has 0 radical (unpaired) electrons. The van der Waals surface area contributed by atoms with Gasteiger partial charge < -0.3 is 0 Å². The normalized spacial score (nSPS) is 21.0. The molecule has 3 aromatic carbocycles. The predicted molar refractivity (Wildman–Crippen MR) is 122 cm³/mol. The molecule has 0 bridgehead atoms. The van der Waals surface area contributed by atoms with Crippen LogP contribution in [-0.4, -0.2) is 0 Å². The topological polar surface area (TPSA) is 0 Å². The first-order chi connectivity index (χ1) is 13.8. The van der Waals surface area contributed by atoms with Gasteiger partial charge in [0.1, 0.15) is 0 Å². The summed E-state index contributed by atoms with van der Waals surface area (Å²) >= 11 is 0. The average Bonchev–Trinajstić information content (AvgIpc) is 2.75. The number of fused-ring (bicyclic) bond motifs is 3. The number of hydrogen-bond donors (Lipinski definition) is 0. The molecule has 5 rings (SSSR count). The fourth-order valence-corrected chi connectivity index (χ4v) is 4.49. The maximum absolute atomic E-state index is 3.83. The van der Waals surface area contributed by atoms with Gasteiger partial charge in [-0.2, -0.15) is 0 Å². The van der Waals surface area contributed by atoms with Crippen molar-refractivity contribution in [2.45, 2.75) is 0 Å². The Morgan fingerprint density at radius 1 is 0.821 bits per heavy atom. The molecule has 2 aliphatic rings. The third-order valence-electron chi connectivity index (χ3n) is 5.73. The molecule has 0 saturated carbocycles. The van der Waals surface area contributed by atoms with Gasteiger partial charge in [-0.3, -0.25) is 0 Å². The average molecular weight is 358 g/mol. The van der Waals surface area contributed by atoms with E-state index in [4.69, 9.17) is 0 Å². The van der Waals surface area contributed by atoms with Crippen LogP contribution in [0, 0.1) is 11.8 Å². The molecule has 0 nitrogen and oxygen atoms in total. The highest BCUT2D eigenvalue weighted by atomic mass is 14.3. The monoisotopic (exact) mass is 358 g/mol. The Bertz CT molecular complexity index is 1170. The van der Waals surface area contributed by atoms with Crippen molar-refractivity contribution in [3.8, 4) is 0 Å². The Morgan fingerprint density at radius 3 is 2.21 bits per heavy atom. The zero-order valence-electron chi connectivity index (χ0n) is 15.8. The van der Waals surface area contributed by atoms with Gasteiger partial charge in [0.2, 0.25) is 0 Å². The van der Waals surface area contributed by atoms with Crippen molar-refractivity contribution in [1.82, 2.24) is 0 Å². The lowest BCUT2D eigenvalue weighted by Gasteiger charge is -2.30. The molecular formula is C28H22. The molecule has 0 saturated heterocycles. The Balaban J connectivity index is 1.84. The molecule has 28 heavy (non-hydrogen) atoms. The quantitative estimate of drug-likeness (QED) is 0.337. The van der Waals surface area contributed by atoms with E-state index >= 15 is 0 Å². The van der Waals surface area contributed by atoms with Crippen molar-refractivity contribution in [2.24, 2.45) is 11.8 Å². The van der Waals surface area contributed by atoms with Crippen LogP contribution in [0.1, 0.15) is 5.56 Å². The summed E-state index contributed by atoms with van der Waals surface area (Å²) < 4.78 is 0. The van der Waals surface area contributed by atoms with Crippen molar-refractivity contribution < 1.29 is 0 Å². The van der Waals surface area contributed by atoms with Crippen LogP contribution >= 0.6 is 0 Å². The predicted octanol–water partition coefficient (Wildman–Crippen LogP) is 7.42. The molecule has 0 N–H and O–H groups in total. The molecule has 3 aromatic rings. The lowest BCUT2D eigenvalue weighted by Crippen LogP contribution is -2.17. The van der Waals surface area contributed by atoms with Gasteiger partial charge in [0.15, 0.2) is 0 Å². The van der Waals surface area contributed by atoms with Gasteiger partial charge in [-0.25, -0.2) is 0 Å². The van der Waals surface area contributed by atoms with E-state index in [0.717, 1.165) is 0 Å². The summed E-state index contributed by atoms with van der Waals surface area (Å²) in [6, 6.07) is 19.8. The molecule has 0 aliphatic heterocycles. The van der Waals surface area contributed by atoms with E-state index in [1.165, 1.54) is 38.3 Å². The van der Waals surface area contributed by atoms with Crippen molar-refractivity contribution in [3.63, 3.8) is 0 Å². The Morgan fingerprint density at radius 2 is 1.50 bits per heavy atom. The van der Waals surface area contributed by atoms with Gasteiger partial charge >= 0.3 is 0 Å². The molecule has 134 valence electrons. The minimum atomic E-state index is 0.361. The van der Waals surface area contributed by atoms with Gasteiger partial charge in [0, 0.05) is 11.8 Å². The largest absolute Gasteiger partial charge is 0.0991 e. The summed E-state index contributed by atoms with van der Waals surface area (Å²) in [6.45, 7) is 3.83. The zero-order chi connectivity index (χ0) is 18.9. The van der Waals surface area contributed by atoms with Crippen molar-refractivity contribution >= 4 is 27.1 Å². The Labute approximate surface area is 166 Å². The van der Waals surface area contributed by atoms with E-state index in [0.29, 0.717) is 11.8 Å². The highest BCUT2D eigenvalue weighted by molar-refractivity contribution is 6.10. The zero-order valence-corrected chi connectivity index (χ0v) is 15.8. The molecule has 0 amide bonds. The van der Waals surface area contributed by atoms with Crippen LogP contribution in [0.15, 0.2) is 121 Å². The van der Waals surface area contributed by atoms with Crippen LogP contribution in [0.5, 0.6) is 0 Å². The van der Waals surface area contributed by atoms with E-state index in [9.17, 15) is 0 Å². The molecule has 0 spiro atoms. The number of rotatable bonds is 3. The van der Waals surface area contributed by atoms with E-state index < -0.39 is 0 Å². The maximum Gasteiger partial charge on any atom is 0.0126 e. The van der Waals surface area contributed by atoms with E-state index in [1.807, 2.05) is 12.2 Å². The highest BCUT2D eigenvalue weighted by Gasteiger charge is 2.27. The van der Waals surface area contributed by atoms with Gasteiger partial charge in [-0.15, -0.1) is 0 Å². The van der Waals surface area contributed by atoms with Crippen LogP contribution in [-0.2, 0) is 0 Å².